The van der Waals surface area contributed by atoms with Crippen molar-refractivity contribution >= 4 is 11.8 Å². The van der Waals surface area contributed by atoms with E-state index in [-0.39, 0.29) is 35.2 Å². The fourth-order valence-corrected chi connectivity index (χ4v) is 3.10. The quantitative estimate of drug-likeness (QED) is 0.662. The third-order valence-corrected chi connectivity index (χ3v) is 4.65. The maximum Gasteiger partial charge on any atom is 0.416 e. The van der Waals surface area contributed by atoms with Crippen molar-refractivity contribution < 1.29 is 23.0 Å². The molecule has 29 heavy (non-hydrogen) atoms. The van der Waals surface area contributed by atoms with Gasteiger partial charge in [-0.1, -0.05) is 12.1 Å². The fourth-order valence-electron chi connectivity index (χ4n) is 3.10. The maximum absolute atomic E-state index is 14.9. The number of fused-ring (bicyclic) bond motifs is 1. The number of nitrogen functional groups attached to an aromatic ring is 1. The van der Waals surface area contributed by atoms with Gasteiger partial charge in [-0.05, 0) is 31.2 Å². The Kier molecular flexibility index (Phi) is 4.71. The smallest absolute Gasteiger partial charge is 0.416 e. The van der Waals surface area contributed by atoms with E-state index >= 15 is 0 Å². The molecule has 0 saturated heterocycles. The van der Waals surface area contributed by atoms with E-state index in [1.54, 1.807) is 25.1 Å². The topological polar surface area (TPSA) is 90.6 Å². The number of nitrogens with two attached hydrogens (primary N) is 1. The number of ether oxygens (including phenoxy) is 2. The number of aromatic nitrogens is 2. The first-order valence-corrected chi connectivity index (χ1v) is 8.75. The number of anilines is 1. The molecule has 1 atom stereocenters. The van der Waals surface area contributed by atoms with Crippen molar-refractivity contribution in [2.45, 2.75) is 19.5 Å². The highest BCUT2D eigenvalue weighted by atomic mass is 19.1. The van der Waals surface area contributed by atoms with Crippen molar-refractivity contribution in [2.75, 3.05) is 5.73 Å². The number of halogens is 2. The second kappa shape index (κ2) is 7.34. The Hall–Kier alpha value is -3.75. The molecular weight excluding hydrogens is 382 g/mol. The normalized spacial score (nSPS) is 15.6. The van der Waals surface area contributed by atoms with Crippen LogP contribution in [0.25, 0.3) is 0 Å². The largest absolute Gasteiger partial charge is 0.434 e. The van der Waals surface area contributed by atoms with Crippen LogP contribution >= 0.6 is 0 Å². The highest BCUT2D eigenvalue weighted by Gasteiger charge is 2.35. The predicted molar refractivity (Wildman–Crippen MR) is 99.3 cm³/mol. The number of hydrogen-bond acceptors (Lipinski definition) is 6. The van der Waals surface area contributed by atoms with Gasteiger partial charge in [-0.15, -0.1) is 5.10 Å². The van der Waals surface area contributed by atoms with E-state index < -0.39 is 23.8 Å². The van der Waals surface area contributed by atoms with E-state index in [0.717, 1.165) is 0 Å². The molecule has 2 aromatic carbocycles. The molecule has 7 nitrogen and oxygen atoms in total. The summed E-state index contributed by atoms with van der Waals surface area (Å²) in [5, 5.41) is 7.39. The van der Waals surface area contributed by atoms with Gasteiger partial charge in [0, 0.05) is 23.4 Å². The molecule has 4 rings (SSSR count). The predicted octanol–water partition coefficient (Wildman–Crippen LogP) is 4.20. The molecule has 1 amide bonds. The third-order valence-electron chi connectivity index (χ3n) is 4.65. The van der Waals surface area contributed by atoms with E-state index in [1.165, 1.54) is 35.4 Å². The summed E-state index contributed by atoms with van der Waals surface area (Å²) in [7, 11) is 0. The molecule has 0 radical (unpaired) electrons. The van der Waals surface area contributed by atoms with Crippen LogP contribution in [0.2, 0.25) is 0 Å². The number of rotatable bonds is 4. The van der Waals surface area contributed by atoms with Gasteiger partial charge in [0.2, 0.25) is 11.7 Å². The zero-order chi connectivity index (χ0) is 20.5. The Labute approximate surface area is 164 Å². The zero-order valence-electron chi connectivity index (χ0n) is 15.3. The highest BCUT2D eigenvalue weighted by Crippen LogP contribution is 2.41. The first kappa shape index (κ1) is 18.6. The number of amides is 1. The zero-order valence-corrected chi connectivity index (χ0v) is 15.3. The van der Waals surface area contributed by atoms with Crippen molar-refractivity contribution in [3.8, 4) is 17.4 Å². The van der Waals surface area contributed by atoms with Crippen molar-refractivity contribution in [2.24, 2.45) is 0 Å². The van der Waals surface area contributed by atoms with E-state index in [4.69, 9.17) is 15.2 Å². The minimum Gasteiger partial charge on any atom is -0.434 e. The van der Waals surface area contributed by atoms with Crippen molar-refractivity contribution in [1.82, 2.24) is 15.1 Å². The molecule has 9 heteroatoms. The lowest BCUT2D eigenvalue weighted by atomic mass is 10.0. The van der Waals surface area contributed by atoms with Crippen LogP contribution in [0.5, 0.6) is 17.4 Å². The van der Waals surface area contributed by atoms with Gasteiger partial charge in [0.1, 0.15) is 0 Å². The molecule has 1 aliphatic rings. The van der Waals surface area contributed by atoms with Crippen molar-refractivity contribution in [3.63, 3.8) is 0 Å². The second-order valence-electron chi connectivity index (χ2n) is 6.45. The van der Waals surface area contributed by atoms with Gasteiger partial charge in [-0.3, -0.25) is 4.90 Å². The number of nitrogens with zero attached hydrogens (tertiary/aromatic N) is 3. The molecule has 0 bridgehead atoms. The highest BCUT2D eigenvalue weighted by molar-refractivity contribution is 5.75. The lowest BCUT2D eigenvalue weighted by Crippen LogP contribution is -2.39. The molecule has 0 fully saturated rings. The van der Waals surface area contributed by atoms with Gasteiger partial charge >= 0.3 is 6.09 Å². The summed E-state index contributed by atoms with van der Waals surface area (Å²) >= 11 is 0. The molecule has 0 unspecified atom stereocenters. The van der Waals surface area contributed by atoms with E-state index in [9.17, 15) is 13.6 Å². The molecule has 148 valence electrons. The summed E-state index contributed by atoms with van der Waals surface area (Å²) in [4.78, 5) is 13.8. The summed E-state index contributed by atoms with van der Waals surface area (Å²) in [6.45, 7) is 1.63. The monoisotopic (exact) mass is 398 g/mol. The van der Waals surface area contributed by atoms with Gasteiger partial charge < -0.3 is 15.2 Å². The molecule has 0 spiro atoms. The molecule has 2 N–H and O–H groups in total. The summed E-state index contributed by atoms with van der Waals surface area (Å²) in [5.74, 6) is -1.71. The van der Waals surface area contributed by atoms with Crippen LogP contribution < -0.4 is 15.2 Å². The molecule has 2 heterocycles. The molecular formula is C20H16F2N4O3. The Bertz CT molecular complexity index is 1080. The third kappa shape index (κ3) is 3.42. The summed E-state index contributed by atoms with van der Waals surface area (Å²) in [6, 6.07) is 10.1. The van der Waals surface area contributed by atoms with Crippen molar-refractivity contribution in [3.05, 3.63) is 71.4 Å². The van der Waals surface area contributed by atoms with E-state index in [2.05, 4.69) is 10.2 Å². The molecule has 0 aliphatic carbocycles. The fraction of sp³-hybridized carbons (Fsp3) is 0.150. The number of hydrogen-bond donors (Lipinski definition) is 1. The second-order valence-corrected chi connectivity index (χ2v) is 6.45. The van der Waals surface area contributed by atoms with Gasteiger partial charge in [-0.2, -0.15) is 9.49 Å². The van der Waals surface area contributed by atoms with Crippen LogP contribution in [0.4, 0.5) is 19.3 Å². The summed E-state index contributed by atoms with van der Waals surface area (Å²) in [5.41, 5.74) is 6.24. The first-order chi connectivity index (χ1) is 14.0. The molecule has 1 aromatic heterocycles. The van der Waals surface area contributed by atoms with Crippen LogP contribution in [-0.4, -0.2) is 21.2 Å². The van der Waals surface area contributed by atoms with Gasteiger partial charge in [-0.25, -0.2) is 9.18 Å². The minimum atomic E-state index is -0.830. The molecule has 1 aliphatic heterocycles. The minimum absolute atomic E-state index is 0.0159. The number of carbonyl (C=O) groups is 1. The van der Waals surface area contributed by atoms with Crippen LogP contribution in [0.1, 0.15) is 24.1 Å². The van der Waals surface area contributed by atoms with E-state index in [0.29, 0.717) is 5.56 Å². The Morgan fingerprint density at radius 3 is 2.76 bits per heavy atom. The molecule has 0 saturated carbocycles. The molecule has 3 aromatic rings. The van der Waals surface area contributed by atoms with Crippen molar-refractivity contribution in [1.29, 1.82) is 0 Å². The average molecular weight is 398 g/mol. The number of carbonyl (C=O) groups excluding carboxylic acids is 1. The van der Waals surface area contributed by atoms with Crippen LogP contribution in [0.15, 0.2) is 48.7 Å². The number of benzene rings is 2. The average Bonchev–Trinajstić information content (AvgIpc) is 2.71. The Morgan fingerprint density at radius 2 is 2.00 bits per heavy atom. The Morgan fingerprint density at radius 1 is 1.17 bits per heavy atom. The lowest BCUT2D eigenvalue weighted by molar-refractivity contribution is 0.114. The van der Waals surface area contributed by atoms with Gasteiger partial charge in [0.25, 0.3) is 0 Å². The SMILES string of the molecule is C[C@@H]1c2ccc(Oc3cccnn3)c(F)c2OC(=O)N1Cc1cccc(N)c1F. The Balaban J connectivity index is 1.63. The van der Waals surface area contributed by atoms with Crippen LogP contribution in [0.3, 0.4) is 0 Å². The van der Waals surface area contributed by atoms with E-state index in [1.807, 2.05) is 0 Å². The van der Waals surface area contributed by atoms with Gasteiger partial charge in [0.15, 0.2) is 17.3 Å². The summed E-state index contributed by atoms with van der Waals surface area (Å²) < 4.78 is 39.7. The maximum atomic E-state index is 14.9. The summed E-state index contributed by atoms with van der Waals surface area (Å²) in [6.07, 6.45) is 0.652. The van der Waals surface area contributed by atoms with Crippen LogP contribution in [0, 0.1) is 11.6 Å². The first-order valence-electron chi connectivity index (χ1n) is 8.75. The van der Waals surface area contributed by atoms with Crippen LogP contribution in [-0.2, 0) is 6.54 Å². The lowest BCUT2D eigenvalue weighted by Gasteiger charge is -2.34. The standard InChI is InChI=1S/C20H16F2N4O3/c1-11-13-7-8-15(28-16-6-3-9-24-25-16)18(22)19(13)29-20(27)26(11)10-12-4-2-5-14(23)17(12)21/h2-9,11H,10,23H2,1H3/t11-/m1/s1. The van der Waals surface area contributed by atoms with Gasteiger partial charge in [0.05, 0.1) is 18.3 Å².